The van der Waals surface area contributed by atoms with Gasteiger partial charge in [0.15, 0.2) is 0 Å². The van der Waals surface area contributed by atoms with E-state index in [0.717, 1.165) is 16.9 Å². The number of anilines is 1. The largest absolute Gasteiger partial charge is 0.379 e. The van der Waals surface area contributed by atoms with Crippen molar-refractivity contribution in [1.29, 1.82) is 0 Å². The van der Waals surface area contributed by atoms with Crippen molar-refractivity contribution in [3.8, 4) is 0 Å². The van der Waals surface area contributed by atoms with Gasteiger partial charge >= 0.3 is 0 Å². The molecule has 1 aromatic heterocycles. The van der Waals surface area contributed by atoms with Crippen LogP contribution in [0.1, 0.15) is 28.5 Å². The molecule has 2 N–H and O–H groups in total. The summed E-state index contributed by atoms with van der Waals surface area (Å²) in [4.78, 5) is 20.0. The van der Waals surface area contributed by atoms with Crippen molar-refractivity contribution in [2.24, 2.45) is 0 Å². The maximum atomic E-state index is 11.7. The number of carbonyl (C=O) groups is 1. The number of benzene rings is 1. The highest BCUT2D eigenvalue weighted by Crippen LogP contribution is 2.17. The zero-order valence-electron chi connectivity index (χ0n) is 11.7. The van der Waals surface area contributed by atoms with Crippen molar-refractivity contribution in [3.63, 3.8) is 0 Å². The number of amides is 1. The molecule has 1 heterocycles. The number of rotatable bonds is 5. The summed E-state index contributed by atoms with van der Waals surface area (Å²) >= 11 is 0. The number of carbonyl (C=O) groups excluding carboxylic acids is 1. The smallest absolute Gasteiger partial charge is 0.251 e. The van der Waals surface area contributed by atoms with Crippen molar-refractivity contribution in [2.45, 2.75) is 20.4 Å². The van der Waals surface area contributed by atoms with Crippen LogP contribution in [0.2, 0.25) is 0 Å². The molecule has 0 aliphatic carbocycles. The Morgan fingerprint density at radius 3 is 2.80 bits per heavy atom. The Hall–Kier alpha value is -2.43. The van der Waals surface area contributed by atoms with Crippen LogP contribution in [0, 0.1) is 6.92 Å². The lowest BCUT2D eigenvalue weighted by atomic mass is 10.1. The molecule has 0 saturated carbocycles. The molecule has 20 heavy (non-hydrogen) atoms. The molecule has 0 saturated heterocycles. The van der Waals surface area contributed by atoms with Gasteiger partial charge in [-0.1, -0.05) is 0 Å². The van der Waals surface area contributed by atoms with Crippen molar-refractivity contribution >= 4 is 11.6 Å². The second-order valence-corrected chi connectivity index (χ2v) is 4.44. The first kappa shape index (κ1) is 14.0. The average Bonchev–Trinajstić information content (AvgIpc) is 2.47. The minimum absolute atomic E-state index is 0.0453. The minimum Gasteiger partial charge on any atom is -0.379 e. The van der Waals surface area contributed by atoms with E-state index in [0.29, 0.717) is 18.7 Å². The molecule has 0 aliphatic rings. The SMILES string of the molecule is CCNC(=O)c1ccc(NCc2cnccn2)c(C)c1. The molecule has 0 radical (unpaired) electrons. The molecule has 0 atom stereocenters. The van der Waals surface area contributed by atoms with Crippen LogP contribution in [0.25, 0.3) is 0 Å². The van der Waals surface area contributed by atoms with Crippen molar-refractivity contribution in [2.75, 3.05) is 11.9 Å². The molecule has 0 aliphatic heterocycles. The lowest BCUT2D eigenvalue weighted by Crippen LogP contribution is -2.22. The van der Waals surface area contributed by atoms with Gasteiger partial charge in [0.05, 0.1) is 18.4 Å². The van der Waals surface area contributed by atoms with Crippen LogP contribution >= 0.6 is 0 Å². The fraction of sp³-hybridized carbons (Fsp3) is 0.267. The maximum absolute atomic E-state index is 11.7. The summed E-state index contributed by atoms with van der Waals surface area (Å²) < 4.78 is 0. The summed E-state index contributed by atoms with van der Waals surface area (Å²) in [5.74, 6) is -0.0453. The normalized spacial score (nSPS) is 10.1. The maximum Gasteiger partial charge on any atom is 0.251 e. The molecule has 0 bridgehead atoms. The Bertz CT molecular complexity index is 584. The summed E-state index contributed by atoms with van der Waals surface area (Å²) in [5.41, 5.74) is 3.57. The van der Waals surface area contributed by atoms with E-state index in [-0.39, 0.29) is 5.91 Å². The van der Waals surface area contributed by atoms with Gasteiger partial charge in [-0.2, -0.15) is 0 Å². The Morgan fingerprint density at radius 1 is 1.30 bits per heavy atom. The Balaban J connectivity index is 2.04. The van der Waals surface area contributed by atoms with Crippen LogP contribution < -0.4 is 10.6 Å². The number of hydrogen-bond acceptors (Lipinski definition) is 4. The highest BCUT2D eigenvalue weighted by Gasteiger charge is 2.06. The third kappa shape index (κ3) is 3.54. The van der Waals surface area contributed by atoms with E-state index in [1.807, 2.05) is 32.0 Å². The number of nitrogens with one attached hydrogen (secondary N) is 2. The number of nitrogens with zero attached hydrogens (tertiary/aromatic N) is 2. The van der Waals surface area contributed by atoms with Gasteiger partial charge in [0.25, 0.3) is 5.91 Å². The fourth-order valence-electron chi connectivity index (χ4n) is 1.87. The van der Waals surface area contributed by atoms with Crippen molar-refractivity contribution in [1.82, 2.24) is 15.3 Å². The van der Waals surface area contributed by atoms with Crippen LogP contribution in [0.3, 0.4) is 0 Å². The second-order valence-electron chi connectivity index (χ2n) is 4.44. The molecular weight excluding hydrogens is 252 g/mol. The molecule has 0 fully saturated rings. The fourth-order valence-corrected chi connectivity index (χ4v) is 1.87. The van der Waals surface area contributed by atoms with Crippen molar-refractivity contribution < 1.29 is 4.79 Å². The van der Waals surface area contributed by atoms with Gasteiger partial charge in [0.2, 0.25) is 0 Å². The van der Waals surface area contributed by atoms with E-state index in [1.165, 1.54) is 0 Å². The Labute approximate surface area is 118 Å². The summed E-state index contributed by atoms with van der Waals surface area (Å²) in [6.07, 6.45) is 5.04. The molecule has 104 valence electrons. The zero-order chi connectivity index (χ0) is 14.4. The summed E-state index contributed by atoms with van der Waals surface area (Å²) in [7, 11) is 0. The van der Waals surface area contributed by atoms with Crippen LogP contribution in [0.15, 0.2) is 36.8 Å². The summed E-state index contributed by atoms with van der Waals surface area (Å²) in [6.45, 7) is 5.11. The van der Waals surface area contributed by atoms with E-state index < -0.39 is 0 Å². The van der Waals surface area contributed by atoms with Gasteiger partial charge in [-0.3, -0.25) is 14.8 Å². The molecule has 2 rings (SSSR count). The van der Waals surface area contributed by atoms with E-state index >= 15 is 0 Å². The van der Waals surface area contributed by atoms with Crippen LogP contribution in [0.4, 0.5) is 5.69 Å². The highest BCUT2D eigenvalue weighted by atomic mass is 16.1. The van der Waals surface area contributed by atoms with E-state index in [1.54, 1.807) is 18.6 Å². The Morgan fingerprint density at radius 2 is 2.15 bits per heavy atom. The monoisotopic (exact) mass is 270 g/mol. The third-order valence-corrected chi connectivity index (χ3v) is 2.90. The second kappa shape index (κ2) is 6.65. The zero-order valence-corrected chi connectivity index (χ0v) is 11.7. The van der Waals surface area contributed by atoms with Gasteiger partial charge in [-0.05, 0) is 37.6 Å². The Kier molecular flexibility index (Phi) is 4.65. The van der Waals surface area contributed by atoms with Gasteiger partial charge in [0.1, 0.15) is 0 Å². The molecule has 1 aromatic carbocycles. The lowest BCUT2D eigenvalue weighted by Gasteiger charge is -2.10. The van der Waals surface area contributed by atoms with Gasteiger partial charge in [-0.25, -0.2) is 0 Å². The molecule has 5 heteroatoms. The standard InChI is InChI=1S/C15H18N4O/c1-3-17-15(20)12-4-5-14(11(2)8-12)19-10-13-9-16-6-7-18-13/h4-9,19H,3,10H2,1-2H3,(H,17,20). The van der Waals surface area contributed by atoms with Gasteiger partial charge in [0, 0.05) is 30.2 Å². The van der Waals surface area contributed by atoms with E-state index in [9.17, 15) is 4.79 Å². The molecule has 2 aromatic rings. The summed E-state index contributed by atoms with van der Waals surface area (Å²) in [5, 5.41) is 6.08. The average molecular weight is 270 g/mol. The molecule has 0 unspecified atom stereocenters. The van der Waals surface area contributed by atoms with Crippen LogP contribution in [-0.4, -0.2) is 22.4 Å². The van der Waals surface area contributed by atoms with Gasteiger partial charge < -0.3 is 10.6 Å². The lowest BCUT2D eigenvalue weighted by molar-refractivity contribution is 0.0956. The van der Waals surface area contributed by atoms with E-state index in [2.05, 4.69) is 20.6 Å². The summed E-state index contributed by atoms with van der Waals surface area (Å²) in [6, 6.07) is 5.61. The minimum atomic E-state index is -0.0453. The quantitative estimate of drug-likeness (QED) is 0.873. The molecule has 0 spiro atoms. The van der Waals surface area contributed by atoms with Crippen molar-refractivity contribution in [3.05, 3.63) is 53.6 Å². The van der Waals surface area contributed by atoms with Gasteiger partial charge in [-0.15, -0.1) is 0 Å². The van der Waals surface area contributed by atoms with Crippen LogP contribution in [0.5, 0.6) is 0 Å². The van der Waals surface area contributed by atoms with E-state index in [4.69, 9.17) is 0 Å². The number of aryl methyl sites for hydroxylation is 1. The highest BCUT2D eigenvalue weighted by molar-refractivity contribution is 5.94. The predicted octanol–water partition coefficient (Wildman–Crippen LogP) is 2.15. The molecule has 5 nitrogen and oxygen atoms in total. The molecule has 1 amide bonds. The number of aromatic nitrogens is 2. The van der Waals surface area contributed by atoms with Crippen LogP contribution in [-0.2, 0) is 6.54 Å². The molecular formula is C15H18N4O. The first-order valence-corrected chi connectivity index (χ1v) is 6.58. The predicted molar refractivity (Wildman–Crippen MR) is 78.5 cm³/mol. The first-order chi connectivity index (χ1) is 9.70. The topological polar surface area (TPSA) is 66.9 Å². The number of hydrogen-bond donors (Lipinski definition) is 2. The first-order valence-electron chi connectivity index (χ1n) is 6.58. The third-order valence-electron chi connectivity index (χ3n) is 2.90.